The number of aryl methyl sites for hydroxylation is 1. The highest BCUT2D eigenvalue weighted by atomic mass is 32.1. The summed E-state index contributed by atoms with van der Waals surface area (Å²) in [6, 6.07) is 18.7. The van der Waals surface area contributed by atoms with Crippen molar-refractivity contribution in [1.82, 2.24) is 10.3 Å². The zero-order valence-corrected chi connectivity index (χ0v) is 24.3. The SMILES string of the molecule is COc1ccc(-c2ccc(C[C@H](N)[C@@H](O)C[C@@H](Cc3ccccc3F)C(=O)N[C@H]3c4ccsc4CC[C@H]3O)cc2)cn1. The van der Waals surface area contributed by atoms with E-state index >= 15 is 0 Å². The molecular weight excluding hydrogens is 553 g/mol. The molecule has 0 saturated carbocycles. The summed E-state index contributed by atoms with van der Waals surface area (Å²) in [6.07, 6.45) is 1.90. The van der Waals surface area contributed by atoms with Gasteiger partial charge in [-0.25, -0.2) is 9.37 Å². The van der Waals surface area contributed by atoms with E-state index in [4.69, 9.17) is 10.5 Å². The summed E-state index contributed by atoms with van der Waals surface area (Å²) in [7, 11) is 1.57. The second-order valence-corrected chi connectivity index (χ2v) is 11.8. The number of aromatic nitrogens is 1. The molecule has 5 atom stereocenters. The summed E-state index contributed by atoms with van der Waals surface area (Å²) in [5.74, 6) is -0.948. The number of thiophene rings is 1. The standard InChI is InChI=1S/C33H36FN3O4S/c1-41-31-13-10-23(19-36-31)21-8-6-20(7-9-21)16-27(35)29(39)18-24(17-22-4-2-3-5-26(22)34)33(40)37-32-25-14-15-42-30(25)12-11-28(32)38/h2-10,13-15,19,24,27-29,32,38-39H,11-12,16-18,35H2,1H3,(H,37,40)/t24-,27+,28-,29+,32+/m1/s1. The number of ether oxygens (including phenoxy) is 1. The number of amides is 1. The van der Waals surface area contributed by atoms with E-state index in [1.54, 1.807) is 48.9 Å². The molecular formula is C33H36FN3O4S. The Bertz CT molecular complexity index is 1480. The molecule has 1 amide bonds. The lowest BCUT2D eigenvalue weighted by atomic mass is 9.87. The van der Waals surface area contributed by atoms with Crippen LogP contribution in [0, 0.1) is 11.7 Å². The van der Waals surface area contributed by atoms with Crippen LogP contribution in [0.3, 0.4) is 0 Å². The first-order valence-corrected chi connectivity index (χ1v) is 15.0. The van der Waals surface area contributed by atoms with Crippen molar-refractivity contribution in [1.29, 1.82) is 0 Å². The van der Waals surface area contributed by atoms with Crippen LogP contribution >= 0.6 is 11.3 Å². The van der Waals surface area contributed by atoms with Crippen molar-refractivity contribution in [3.8, 4) is 17.0 Å². The molecule has 5 N–H and O–H groups in total. The van der Waals surface area contributed by atoms with Crippen LogP contribution in [0.15, 0.2) is 78.3 Å². The fraction of sp³-hybridized carbons (Fsp3) is 0.333. The number of aliphatic hydroxyl groups excluding tert-OH is 2. The molecule has 1 aliphatic carbocycles. The Morgan fingerprint density at radius 1 is 1.12 bits per heavy atom. The Balaban J connectivity index is 1.27. The van der Waals surface area contributed by atoms with Crippen molar-refractivity contribution >= 4 is 17.2 Å². The van der Waals surface area contributed by atoms with Gasteiger partial charge < -0.3 is 26.0 Å². The maximum atomic E-state index is 14.6. The number of benzene rings is 2. The second kappa shape index (κ2) is 13.6. The van der Waals surface area contributed by atoms with Crippen molar-refractivity contribution in [2.24, 2.45) is 11.7 Å². The molecule has 0 spiro atoms. The first-order chi connectivity index (χ1) is 20.3. The van der Waals surface area contributed by atoms with Crippen molar-refractivity contribution in [2.45, 2.75) is 56.4 Å². The van der Waals surface area contributed by atoms with E-state index in [2.05, 4.69) is 10.3 Å². The fourth-order valence-electron chi connectivity index (χ4n) is 5.52. The van der Waals surface area contributed by atoms with Gasteiger partial charge in [0.1, 0.15) is 5.82 Å². The fourth-order valence-corrected chi connectivity index (χ4v) is 6.47. The molecule has 0 fully saturated rings. The van der Waals surface area contributed by atoms with E-state index in [9.17, 15) is 19.4 Å². The number of carbonyl (C=O) groups is 1. The summed E-state index contributed by atoms with van der Waals surface area (Å²) < 4.78 is 19.7. The van der Waals surface area contributed by atoms with Gasteiger partial charge in [-0.15, -0.1) is 11.3 Å². The molecule has 2 aromatic carbocycles. The number of nitrogens with two attached hydrogens (primary N) is 1. The Morgan fingerprint density at radius 2 is 1.88 bits per heavy atom. The van der Waals surface area contributed by atoms with E-state index in [0.717, 1.165) is 33.6 Å². The van der Waals surface area contributed by atoms with Gasteiger partial charge >= 0.3 is 0 Å². The van der Waals surface area contributed by atoms with E-state index < -0.39 is 36.0 Å². The largest absolute Gasteiger partial charge is 0.481 e. The molecule has 0 unspecified atom stereocenters. The number of halogens is 1. The topological polar surface area (TPSA) is 118 Å². The van der Waals surface area contributed by atoms with Crippen LogP contribution in [0.4, 0.5) is 4.39 Å². The van der Waals surface area contributed by atoms with Crippen LogP contribution in [0.1, 0.15) is 40.5 Å². The van der Waals surface area contributed by atoms with Gasteiger partial charge in [-0.1, -0.05) is 42.5 Å². The molecule has 2 heterocycles. The number of fused-ring (bicyclic) bond motifs is 1. The van der Waals surface area contributed by atoms with Crippen LogP contribution in [0.5, 0.6) is 5.88 Å². The number of hydrogen-bond donors (Lipinski definition) is 4. The number of carbonyl (C=O) groups excluding carboxylic acids is 1. The molecule has 220 valence electrons. The van der Waals surface area contributed by atoms with Gasteiger partial charge in [-0.3, -0.25) is 4.79 Å². The molecule has 42 heavy (non-hydrogen) atoms. The summed E-state index contributed by atoms with van der Waals surface area (Å²) in [5, 5.41) is 26.8. The predicted octanol–water partition coefficient (Wildman–Crippen LogP) is 4.60. The molecule has 0 bridgehead atoms. The second-order valence-electron chi connectivity index (χ2n) is 10.8. The maximum Gasteiger partial charge on any atom is 0.224 e. The lowest BCUT2D eigenvalue weighted by Crippen LogP contribution is -2.45. The van der Waals surface area contributed by atoms with E-state index in [-0.39, 0.29) is 18.7 Å². The zero-order chi connectivity index (χ0) is 29.6. The van der Waals surface area contributed by atoms with Crippen molar-refractivity contribution in [3.63, 3.8) is 0 Å². The Morgan fingerprint density at radius 3 is 2.60 bits per heavy atom. The molecule has 2 aromatic heterocycles. The summed E-state index contributed by atoms with van der Waals surface area (Å²) in [4.78, 5) is 19.0. The van der Waals surface area contributed by atoms with Gasteiger partial charge in [-0.2, -0.15) is 0 Å². The minimum absolute atomic E-state index is 0.0518. The lowest BCUT2D eigenvalue weighted by molar-refractivity contribution is -0.128. The molecule has 9 heteroatoms. The highest BCUT2D eigenvalue weighted by Gasteiger charge is 2.33. The number of pyridine rings is 1. The Kier molecular flexibility index (Phi) is 9.64. The average Bonchev–Trinajstić information content (AvgIpc) is 3.49. The zero-order valence-electron chi connectivity index (χ0n) is 23.4. The molecule has 5 rings (SSSR count). The highest BCUT2D eigenvalue weighted by Crippen LogP contribution is 2.34. The lowest BCUT2D eigenvalue weighted by Gasteiger charge is -2.31. The van der Waals surface area contributed by atoms with Gasteiger partial charge in [0.25, 0.3) is 0 Å². The van der Waals surface area contributed by atoms with Crippen LogP contribution in [0.2, 0.25) is 0 Å². The molecule has 1 aliphatic rings. The number of aliphatic hydroxyl groups is 2. The van der Waals surface area contributed by atoms with Crippen LogP contribution in [0.25, 0.3) is 11.1 Å². The first-order valence-electron chi connectivity index (χ1n) is 14.1. The third-order valence-corrected chi connectivity index (χ3v) is 8.98. The average molecular weight is 590 g/mol. The molecule has 0 aliphatic heterocycles. The van der Waals surface area contributed by atoms with Crippen LogP contribution in [-0.2, 0) is 24.1 Å². The summed E-state index contributed by atoms with van der Waals surface area (Å²) in [5.41, 5.74) is 10.6. The number of nitrogens with zero attached hydrogens (tertiary/aromatic N) is 1. The van der Waals surface area contributed by atoms with Gasteiger partial charge in [0, 0.05) is 34.7 Å². The van der Waals surface area contributed by atoms with E-state index in [1.807, 2.05) is 41.8 Å². The number of rotatable bonds is 11. The Labute approximate surface area is 249 Å². The molecule has 4 aromatic rings. The van der Waals surface area contributed by atoms with Crippen LogP contribution < -0.4 is 15.8 Å². The first kappa shape index (κ1) is 29.8. The minimum Gasteiger partial charge on any atom is -0.481 e. The smallest absolute Gasteiger partial charge is 0.224 e. The quantitative estimate of drug-likeness (QED) is 0.203. The van der Waals surface area contributed by atoms with Crippen LogP contribution in [-0.4, -0.2) is 46.5 Å². The minimum atomic E-state index is -1.01. The Hall–Kier alpha value is -3.63. The van der Waals surface area contributed by atoms with E-state index in [1.165, 1.54) is 6.07 Å². The molecule has 0 radical (unpaired) electrons. The monoisotopic (exact) mass is 589 g/mol. The van der Waals surface area contributed by atoms with Crippen molar-refractivity contribution in [3.05, 3.63) is 106 Å². The van der Waals surface area contributed by atoms with Gasteiger partial charge in [0.05, 0.1) is 25.4 Å². The van der Waals surface area contributed by atoms with Crippen molar-refractivity contribution in [2.75, 3.05) is 7.11 Å². The predicted molar refractivity (Wildman–Crippen MR) is 162 cm³/mol. The highest BCUT2D eigenvalue weighted by molar-refractivity contribution is 7.10. The molecule has 7 nitrogen and oxygen atoms in total. The molecule has 0 saturated heterocycles. The summed E-state index contributed by atoms with van der Waals surface area (Å²) >= 11 is 1.61. The third kappa shape index (κ3) is 7.04. The van der Waals surface area contributed by atoms with Gasteiger partial charge in [0.2, 0.25) is 11.8 Å². The number of nitrogens with one attached hydrogen (secondary N) is 1. The van der Waals surface area contributed by atoms with Gasteiger partial charge in [0.15, 0.2) is 0 Å². The third-order valence-electron chi connectivity index (χ3n) is 7.98. The number of hydrogen-bond acceptors (Lipinski definition) is 7. The van der Waals surface area contributed by atoms with Gasteiger partial charge in [-0.05, 0) is 77.9 Å². The number of methoxy groups -OCH3 is 1. The van der Waals surface area contributed by atoms with Crippen molar-refractivity contribution < 1.29 is 24.1 Å². The van der Waals surface area contributed by atoms with E-state index in [0.29, 0.717) is 24.3 Å². The maximum absolute atomic E-state index is 14.6. The normalized spacial score (nSPS) is 18.5. The summed E-state index contributed by atoms with van der Waals surface area (Å²) in [6.45, 7) is 0.